The molecule has 0 bridgehead atoms. The molecule has 23 heavy (non-hydrogen) atoms. The van der Waals surface area contributed by atoms with Crippen molar-refractivity contribution in [1.29, 1.82) is 0 Å². The molecule has 6 heteroatoms. The number of aromatic nitrogens is 2. The van der Waals surface area contributed by atoms with E-state index >= 15 is 0 Å². The molecule has 1 N–H and O–H groups in total. The Kier molecular flexibility index (Phi) is 4.09. The van der Waals surface area contributed by atoms with Gasteiger partial charge in [0.05, 0.1) is 18.3 Å². The number of ether oxygens (including phenoxy) is 1. The Morgan fingerprint density at radius 1 is 1.39 bits per heavy atom. The predicted octanol–water partition coefficient (Wildman–Crippen LogP) is 1.46. The lowest BCUT2D eigenvalue weighted by Gasteiger charge is -2.42. The number of piperidine rings is 1. The van der Waals surface area contributed by atoms with Crippen LogP contribution in [0, 0.1) is 0 Å². The van der Waals surface area contributed by atoms with Gasteiger partial charge in [-0.05, 0) is 19.1 Å². The third-order valence-corrected chi connectivity index (χ3v) is 4.13. The van der Waals surface area contributed by atoms with Crippen LogP contribution >= 0.6 is 0 Å². The van der Waals surface area contributed by atoms with Gasteiger partial charge in [-0.2, -0.15) is 5.10 Å². The lowest BCUT2D eigenvalue weighted by atomic mass is 9.91. The summed E-state index contributed by atoms with van der Waals surface area (Å²) in [7, 11) is 1.77. The smallest absolute Gasteiger partial charge is 0.257 e. The topological polar surface area (TPSA) is 67.6 Å². The van der Waals surface area contributed by atoms with Crippen LogP contribution in [0.5, 0.6) is 5.75 Å². The summed E-state index contributed by atoms with van der Waals surface area (Å²) in [4.78, 5) is 14.1. The third kappa shape index (κ3) is 3.37. The number of β-amino-alcohol motifs (C(OH)–C–C–N with tert-alkyl or cyclic N) is 1. The summed E-state index contributed by atoms with van der Waals surface area (Å²) in [5.74, 6) is 0.612. The van der Waals surface area contributed by atoms with Crippen LogP contribution in [-0.4, -0.2) is 50.5 Å². The maximum absolute atomic E-state index is 12.5. The Bertz CT molecular complexity index is 681. The summed E-state index contributed by atoms with van der Waals surface area (Å²) in [6.45, 7) is 2.49. The predicted molar refractivity (Wildman–Crippen MR) is 85.2 cm³/mol. The van der Waals surface area contributed by atoms with Gasteiger partial charge in [0.25, 0.3) is 5.91 Å². The van der Waals surface area contributed by atoms with Crippen LogP contribution in [0.25, 0.3) is 0 Å². The Balaban J connectivity index is 1.68. The zero-order chi connectivity index (χ0) is 16.4. The zero-order valence-electron chi connectivity index (χ0n) is 13.3. The summed E-state index contributed by atoms with van der Waals surface area (Å²) < 4.78 is 7.50. The quantitative estimate of drug-likeness (QED) is 0.931. The number of nitrogens with zero attached hydrogens (tertiary/aromatic N) is 3. The van der Waals surface area contributed by atoms with E-state index < -0.39 is 5.60 Å². The molecule has 1 aromatic carbocycles. The van der Waals surface area contributed by atoms with Gasteiger partial charge in [-0.25, -0.2) is 0 Å². The summed E-state index contributed by atoms with van der Waals surface area (Å²) >= 11 is 0. The number of hydrogen-bond acceptors (Lipinski definition) is 4. The lowest BCUT2D eigenvalue weighted by molar-refractivity contribution is -0.0899. The van der Waals surface area contributed by atoms with E-state index in [0.29, 0.717) is 18.5 Å². The highest BCUT2D eigenvalue weighted by molar-refractivity contribution is 5.93. The molecule has 0 radical (unpaired) electrons. The summed E-state index contributed by atoms with van der Waals surface area (Å²) in [6.07, 6.45) is 3.46. The highest BCUT2D eigenvalue weighted by atomic mass is 16.5. The molecule has 6 nitrogen and oxygen atoms in total. The van der Waals surface area contributed by atoms with Crippen molar-refractivity contribution in [3.63, 3.8) is 0 Å². The van der Waals surface area contributed by atoms with Crippen molar-refractivity contribution in [1.82, 2.24) is 14.7 Å². The van der Waals surface area contributed by atoms with E-state index in [1.54, 1.807) is 35.9 Å². The number of aryl methyl sites for hydroxylation is 1. The van der Waals surface area contributed by atoms with Crippen molar-refractivity contribution in [2.45, 2.75) is 25.0 Å². The average Bonchev–Trinajstić information content (AvgIpc) is 2.96. The molecule has 2 atom stereocenters. The molecule has 0 saturated carbocycles. The van der Waals surface area contributed by atoms with E-state index in [9.17, 15) is 9.90 Å². The molecule has 1 amide bonds. The van der Waals surface area contributed by atoms with Gasteiger partial charge in [-0.3, -0.25) is 9.48 Å². The SMILES string of the molecule is Cn1cc(C(=O)N2CC[C@H](Oc3ccccc3)[C@@](C)(O)C2)cn1. The van der Waals surface area contributed by atoms with Gasteiger partial charge in [-0.15, -0.1) is 0 Å². The lowest BCUT2D eigenvalue weighted by Crippen LogP contribution is -2.58. The van der Waals surface area contributed by atoms with Crippen LogP contribution in [0.1, 0.15) is 23.7 Å². The van der Waals surface area contributed by atoms with E-state index in [2.05, 4.69) is 5.10 Å². The van der Waals surface area contributed by atoms with E-state index in [1.165, 1.54) is 0 Å². The molecule has 122 valence electrons. The molecule has 0 spiro atoms. The molecule has 1 fully saturated rings. The van der Waals surface area contributed by atoms with Crippen LogP contribution in [0.3, 0.4) is 0 Å². The summed E-state index contributed by atoms with van der Waals surface area (Å²) in [5.41, 5.74) is -0.572. The molecule has 1 aliphatic rings. The molecule has 1 aromatic heterocycles. The normalized spacial score (nSPS) is 24.5. The van der Waals surface area contributed by atoms with Crippen molar-refractivity contribution < 1.29 is 14.6 Å². The Morgan fingerprint density at radius 2 is 2.13 bits per heavy atom. The van der Waals surface area contributed by atoms with Crippen molar-refractivity contribution in [3.8, 4) is 5.75 Å². The number of carbonyl (C=O) groups is 1. The number of carbonyl (C=O) groups excluding carboxylic acids is 1. The van der Waals surface area contributed by atoms with Crippen molar-refractivity contribution in [2.75, 3.05) is 13.1 Å². The zero-order valence-corrected chi connectivity index (χ0v) is 13.3. The molecule has 2 heterocycles. The molecule has 2 aromatic rings. The maximum Gasteiger partial charge on any atom is 0.257 e. The minimum atomic E-state index is -1.11. The van der Waals surface area contributed by atoms with Gasteiger partial charge in [0, 0.05) is 26.2 Å². The fourth-order valence-electron chi connectivity index (χ4n) is 2.89. The Labute approximate surface area is 135 Å². The fraction of sp³-hybridized carbons (Fsp3) is 0.412. The highest BCUT2D eigenvalue weighted by Crippen LogP contribution is 2.27. The maximum atomic E-state index is 12.5. The fourth-order valence-corrected chi connectivity index (χ4v) is 2.89. The van der Waals surface area contributed by atoms with Crippen molar-refractivity contribution in [2.24, 2.45) is 7.05 Å². The molecule has 1 aliphatic heterocycles. The van der Waals surface area contributed by atoms with E-state index in [4.69, 9.17) is 4.74 Å². The van der Waals surface area contributed by atoms with Crippen molar-refractivity contribution >= 4 is 5.91 Å². The minimum Gasteiger partial charge on any atom is -0.487 e. The van der Waals surface area contributed by atoms with Crippen LogP contribution in [0.2, 0.25) is 0 Å². The third-order valence-electron chi connectivity index (χ3n) is 4.13. The second-order valence-electron chi connectivity index (χ2n) is 6.19. The van der Waals surface area contributed by atoms with Gasteiger partial charge in [-0.1, -0.05) is 18.2 Å². The monoisotopic (exact) mass is 315 g/mol. The van der Waals surface area contributed by atoms with Gasteiger partial charge >= 0.3 is 0 Å². The average molecular weight is 315 g/mol. The van der Waals surface area contributed by atoms with Crippen molar-refractivity contribution in [3.05, 3.63) is 48.3 Å². The number of amides is 1. The van der Waals surface area contributed by atoms with E-state index in [0.717, 1.165) is 5.75 Å². The Morgan fingerprint density at radius 3 is 2.74 bits per heavy atom. The molecule has 3 rings (SSSR count). The summed E-state index contributed by atoms with van der Waals surface area (Å²) in [5, 5.41) is 14.7. The first kappa shape index (κ1) is 15.6. The second kappa shape index (κ2) is 6.04. The molecule has 0 aliphatic carbocycles. The number of hydrogen-bond donors (Lipinski definition) is 1. The van der Waals surface area contributed by atoms with Gasteiger partial charge in [0.15, 0.2) is 0 Å². The highest BCUT2D eigenvalue weighted by Gasteiger charge is 2.41. The molecular weight excluding hydrogens is 294 g/mol. The van der Waals surface area contributed by atoms with Crippen LogP contribution < -0.4 is 4.74 Å². The van der Waals surface area contributed by atoms with Gasteiger partial charge in [0.2, 0.25) is 0 Å². The number of likely N-dealkylation sites (tertiary alicyclic amines) is 1. The number of rotatable bonds is 3. The van der Waals surface area contributed by atoms with Crippen LogP contribution in [-0.2, 0) is 7.05 Å². The molecular formula is C17H21N3O3. The summed E-state index contributed by atoms with van der Waals surface area (Å²) in [6, 6.07) is 9.43. The first-order valence-electron chi connectivity index (χ1n) is 7.68. The minimum absolute atomic E-state index is 0.114. The van der Waals surface area contributed by atoms with E-state index in [1.807, 2.05) is 30.3 Å². The van der Waals surface area contributed by atoms with Crippen LogP contribution in [0.15, 0.2) is 42.7 Å². The molecule has 0 unspecified atom stereocenters. The van der Waals surface area contributed by atoms with Gasteiger partial charge < -0.3 is 14.7 Å². The first-order chi connectivity index (χ1) is 11.0. The van der Waals surface area contributed by atoms with Crippen LogP contribution in [0.4, 0.5) is 0 Å². The van der Waals surface area contributed by atoms with E-state index in [-0.39, 0.29) is 18.6 Å². The van der Waals surface area contributed by atoms with Gasteiger partial charge in [0.1, 0.15) is 17.5 Å². The number of benzene rings is 1. The largest absolute Gasteiger partial charge is 0.487 e. The Hall–Kier alpha value is -2.34. The standard InChI is InChI=1S/C17H21N3O3/c1-17(22)12-20(16(21)13-10-18-19(2)11-13)9-8-15(17)23-14-6-4-3-5-7-14/h3-7,10-11,15,22H,8-9,12H2,1-2H3/t15-,17-/m0/s1. The first-order valence-corrected chi connectivity index (χ1v) is 7.68. The molecule has 1 saturated heterocycles. The second-order valence-corrected chi connectivity index (χ2v) is 6.19. The number of para-hydroxylation sites is 1. The number of aliphatic hydroxyl groups is 1.